The largest absolute Gasteiger partial charge is 0.497 e. The first-order valence-electron chi connectivity index (χ1n) is 17.3. The molecule has 2 heterocycles. The van der Waals surface area contributed by atoms with Crippen LogP contribution >= 0.6 is 0 Å². The number of nitrogens with one attached hydrogen (secondary N) is 1. The van der Waals surface area contributed by atoms with Gasteiger partial charge in [-0.25, -0.2) is 4.79 Å². The van der Waals surface area contributed by atoms with Gasteiger partial charge >= 0.3 is 11.7 Å². The van der Waals surface area contributed by atoms with E-state index >= 15 is 0 Å². The molecule has 4 aromatic carbocycles. The maximum Gasteiger partial charge on any atom is 0.351 e. The molecule has 1 saturated heterocycles. The fraction of sp³-hybridized carbons (Fsp3) is 0.244. The summed E-state index contributed by atoms with van der Waals surface area (Å²) in [6.07, 6.45) is -1.58. The minimum Gasteiger partial charge on any atom is -0.497 e. The molecule has 54 heavy (non-hydrogen) atoms. The molecule has 0 bridgehead atoms. The Kier molecular flexibility index (Phi) is 11.8. The lowest BCUT2D eigenvalue weighted by molar-refractivity contribution is -0.156. The van der Waals surface area contributed by atoms with E-state index in [1.165, 1.54) is 16.8 Å². The van der Waals surface area contributed by atoms with Crippen LogP contribution in [0.25, 0.3) is 0 Å². The van der Waals surface area contributed by atoms with Gasteiger partial charge in [-0.2, -0.15) is 4.98 Å². The van der Waals surface area contributed by atoms with E-state index in [2.05, 4.69) is 10.3 Å². The standard InChI is InChI=1S/C41H40N4O9/c1-50-31-17-13-29(14-18-31)41(28-11-7-4-8-12-28,30-15-19-32(51-2)20-16-30)52-26-34-33(54-38(47)22-21-35(42)46)25-37(53-34)45-24-23-36(44-40(45)49)43-39(48)27-9-5-3-6-10-27/h3-20,23-24,33-34,37H,21-22,25-26H2,1-2H3,(H2,42,46)(H,43,44,48,49)/t33-,34+,37+/m0/s1. The van der Waals surface area contributed by atoms with E-state index in [-0.39, 0.29) is 31.7 Å². The molecule has 6 rings (SSSR count). The average Bonchev–Trinajstić information content (AvgIpc) is 3.60. The van der Waals surface area contributed by atoms with Crippen LogP contribution in [0.4, 0.5) is 5.82 Å². The maximum atomic E-state index is 13.3. The number of rotatable bonds is 15. The van der Waals surface area contributed by atoms with Crippen LogP contribution in [0.5, 0.6) is 11.5 Å². The van der Waals surface area contributed by atoms with Crippen molar-refractivity contribution in [1.82, 2.24) is 9.55 Å². The Morgan fingerprint density at radius 2 is 1.39 bits per heavy atom. The van der Waals surface area contributed by atoms with Crippen LogP contribution in [-0.4, -0.2) is 60.4 Å². The smallest absolute Gasteiger partial charge is 0.351 e. The van der Waals surface area contributed by atoms with Gasteiger partial charge in [-0.05, 0) is 59.2 Å². The van der Waals surface area contributed by atoms with Crippen LogP contribution in [0.3, 0.4) is 0 Å². The molecule has 0 spiro atoms. The number of carbonyl (C=O) groups is 3. The van der Waals surface area contributed by atoms with Gasteiger partial charge in [0.05, 0.1) is 27.2 Å². The van der Waals surface area contributed by atoms with E-state index in [1.807, 2.05) is 78.9 Å². The van der Waals surface area contributed by atoms with Crippen molar-refractivity contribution in [3.63, 3.8) is 0 Å². The van der Waals surface area contributed by atoms with E-state index in [0.717, 1.165) is 16.7 Å². The first-order valence-corrected chi connectivity index (χ1v) is 17.3. The van der Waals surface area contributed by atoms with E-state index < -0.39 is 47.5 Å². The van der Waals surface area contributed by atoms with Crippen molar-refractivity contribution in [3.8, 4) is 11.5 Å². The lowest BCUT2D eigenvalue weighted by atomic mass is 9.80. The van der Waals surface area contributed by atoms with Crippen molar-refractivity contribution in [2.75, 3.05) is 26.1 Å². The second-order valence-corrected chi connectivity index (χ2v) is 12.5. The van der Waals surface area contributed by atoms with Gasteiger partial charge in [-0.3, -0.25) is 19.0 Å². The first kappa shape index (κ1) is 37.4. The quantitative estimate of drug-likeness (QED) is 0.111. The Morgan fingerprint density at radius 3 is 1.94 bits per heavy atom. The summed E-state index contributed by atoms with van der Waals surface area (Å²) in [5.74, 6) is -0.347. The number of amides is 2. The number of methoxy groups -OCH3 is 2. The molecule has 1 aliphatic heterocycles. The predicted molar refractivity (Wildman–Crippen MR) is 198 cm³/mol. The number of hydrogen-bond acceptors (Lipinski definition) is 10. The second kappa shape index (κ2) is 17.0. The number of esters is 1. The third kappa shape index (κ3) is 8.49. The molecule has 0 aliphatic carbocycles. The summed E-state index contributed by atoms with van der Waals surface area (Å²) in [7, 11) is 3.18. The Labute approximate surface area is 311 Å². The van der Waals surface area contributed by atoms with E-state index in [0.29, 0.717) is 17.1 Å². The summed E-state index contributed by atoms with van der Waals surface area (Å²) >= 11 is 0. The topological polar surface area (TPSA) is 170 Å². The van der Waals surface area contributed by atoms with E-state index in [1.54, 1.807) is 44.6 Å². The second-order valence-electron chi connectivity index (χ2n) is 12.5. The van der Waals surface area contributed by atoms with Crippen LogP contribution < -0.4 is 26.2 Å². The summed E-state index contributed by atoms with van der Waals surface area (Å²) in [6.45, 7) is -0.107. The lowest BCUT2D eigenvalue weighted by Crippen LogP contribution is -2.39. The molecule has 1 aromatic heterocycles. The van der Waals surface area contributed by atoms with Crippen LogP contribution in [0.15, 0.2) is 126 Å². The summed E-state index contributed by atoms with van der Waals surface area (Å²) in [4.78, 5) is 54.5. The Morgan fingerprint density at radius 1 is 0.815 bits per heavy atom. The highest BCUT2D eigenvalue weighted by atomic mass is 16.6. The molecule has 0 saturated carbocycles. The number of ether oxygens (including phenoxy) is 5. The number of benzene rings is 4. The molecule has 1 aliphatic rings. The highest BCUT2D eigenvalue weighted by molar-refractivity contribution is 6.03. The first-order chi connectivity index (χ1) is 26.2. The molecule has 3 atom stereocenters. The SMILES string of the molecule is COc1ccc(C(OC[C@H]2O[C@@H](n3ccc(NC(=O)c4ccccc4)nc3=O)C[C@@H]2OC(=O)CCC(N)=O)(c2ccccc2)c2ccc(OC)cc2)cc1. The summed E-state index contributed by atoms with van der Waals surface area (Å²) in [6, 6.07) is 34.7. The molecule has 0 unspecified atom stereocenters. The number of nitrogens with zero attached hydrogens (tertiary/aromatic N) is 2. The molecule has 13 heteroatoms. The van der Waals surface area contributed by atoms with Gasteiger partial charge < -0.3 is 34.7 Å². The monoisotopic (exact) mass is 732 g/mol. The summed E-state index contributed by atoms with van der Waals surface area (Å²) in [5.41, 5.74) is 6.14. The molecule has 3 N–H and O–H groups in total. The Bertz CT molecular complexity index is 2060. The highest BCUT2D eigenvalue weighted by Gasteiger charge is 2.44. The number of nitrogens with two attached hydrogens (primary N) is 1. The fourth-order valence-electron chi connectivity index (χ4n) is 6.36. The van der Waals surface area contributed by atoms with Crippen molar-refractivity contribution in [2.45, 2.75) is 43.3 Å². The molecule has 13 nitrogen and oxygen atoms in total. The molecule has 278 valence electrons. The maximum absolute atomic E-state index is 13.3. The van der Waals surface area contributed by atoms with Crippen molar-refractivity contribution in [2.24, 2.45) is 5.73 Å². The van der Waals surface area contributed by atoms with Crippen LogP contribution in [0, 0.1) is 0 Å². The van der Waals surface area contributed by atoms with Crippen molar-refractivity contribution < 1.29 is 38.1 Å². The normalized spacial score (nSPS) is 16.7. The minimum absolute atomic E-state index is 0.0593. The van der Waals surface area contributed by atoms with Crippen molar-refractivity contribution >= 4 is 23.6 Å². The number of hydrogen-bond donors (Lipinski definition) is 2. The third-order valence-electron chi connectivity index (χ3n) is 9.09. The van der Waals surface area contributed by atoms with Gasteiger partial charge in [-0.15, -0.1) is 0 Å². The third-order valence-corrected chi connectivity index (χ3v) is 9.09. The Balaban J connectivity index is 1.33. The van der Waals surface area contributed by atoms with Crippen LogP contribution in [-0.2, 0) is 29.4 Å². The van der Waals surface area contributed by atoms with Gasteiger partial charge in [-0.1, -0.05) is 72.8 Å². The van der Waals surface area contributed by atoms with E-state index in [4.69, 9.17) is 29.4 Å². The van der Waals surface area contributed by atoms with Crippen LogP contribution in [0.1, 0.15) is 52.5 Å². The van der Waals surface area contributed by atoms with Crippen molar-refractivity contribution in [1.29, 1.82) is 0 Å². The zero-order chi connectivity index (χ0) is 38.1. The van der Waals surface area contributed by atoms with Crippen molar-refractivity contribution in [3.05, 3.63) is 154 Å². The number of carbonyl (C=O) groups excluding carboxylic acids is 3. The minimum atomic E-state index is -1.21. The zero-order valence-electron chi connectivity index (χ0n) is 29.8. The molecule has 2 amide bonds. The van der Waals surface area contributed by atoms with Crippen LogP contribution in [0.2, 0.25) is 0 Å². The number of aromatic nitrogens is 2. The molecular weight excluding hydrogens is 692 g/mol. The van der Waals surface area contributed by atoms with Gasteiger partial charge in [0.15, 0.2) is 0 Å². The highest BCUT2D eigenvalue weighted by Crippen LogP contribution is 2.43. The van der Waals surface area contributed by atoms with Gasteiger partial charge in [0, 0.05) is 24.6 Å². The fourth-order valence-corrected chi connectivity index (χ4v) is 6.36. The van der Waals surface area contributed by atoms with Gasteiger partial charge in [0.2, 0.25) is 5.91 Å². The number of anilines is 1. The van der Waals surface area contributed by atoms with Gasteiger partial charge in [0.25, 0.3) is 5.91 Å². The average molecular weight is 733 g/mol. The molecule has 0 radical (unpaired) electrons. The summed E-state index contributed by atoms with van der Waals surface area (Å²) in [5, 5.41) is 2.63. The summed E-state index contributed by atoms with van der Waals surface area (Å²) < 4.78 is 31.5. The molecule has 1 fully saturated rings. The predicted octanol–water partition coefficient (Wildman–Crippen LogP) is 4.99. The van der Waals surface area contributed by atoms with Gasteiger partial charge in [0.1, 0.15) is 41.4 Å². The zero-order valence-corrected chi connectivity index (χ0v) is 29.8. The number of primary amides is 1. The molecule has 5 aromatic rings. The lowest BCUT2D eigenvalue weighted by Gasteiger charge is -2.37. The molecular formula is C41H40N4O9. The van der Waals surface area contributed by atoms with E-state index in [9.17, 15) is 19.2 Å². The Hall–Kier alpha value is -6.31.